The van der Waals surface area contributed by atoms with Crippen LogP contribution in [0.4, 0.5) is 13.2 Å². The quantitative estimate of drug-likeness (QED) is 0.807. The number of nitrogens with zero attached hydrogens (tertiary/aromatic N) is 4. The van der Waals surface area contributed by atoms with Crippen molar-refractivity contribution in [1.82, 2.24) is 19.7 Å². The first-order chi connectivity index (χ1) is 10.5. The van der Waals surface area contributed by atoms with Crippen LogP contribution in [0.3, 0.4) is 0 Å². The molecule has 0 spiro atoms. The van der Waals surface area contributed by atoms with Crippen LogP contribution in [-0.4, -0.2) is 26.3 Å². The molecule has 0 fully saturated rings. The number of nitrogens with two attached hydrogens (primary N) is 1. The molecular weight excluding hydrogens is 295 g/mol. The second kappa shape index (κ2) is 5.38. The van der Waals surface area contributed by atoms with Crippen LogP contribution >= 0.6 is 0 Å². The highest BCUT2D eigenvalue weighted by molar-refractivity contribution is 5.90. The van der Waals surface area contributed by atoms with Gasteiger partial charge in [-0.1, -0.05) is 18.2 Å². The van der Waals surface area contributed by atoms with Gasteiger partial charge in [0.15, 0.2) is 5.65 Å². The Morgan fingerprint density at radius 2 is 1.91 bits per heavy atom. The Labute approximate surface area is 123 Å². The molecule has 0 saturated carbocycles. The number of fused-ring (bicyclic) bond motifs is 1. The average molecular weight is 307 g/mol. The van der Waals surface area contributed by atoms with Gasteiger partial charge in [0.2, 0.25) is 0 Å². The Bertz CT molecular complexity index is 810. The van der Waals surface area contributed by atoms with Gasteiger partial charge in [-0.3, -0.25) is 0 Å². The van der Waals surface area contributed by atoms with Crippen LogP contribution in [0.25, 0.3) is 22.3 Å². The standard InChI is InChI=1S/C14H12F3N5/c15-14(16,17)11-4-2-1-3-9(11)12-10-7-21-22(6-5-18)13(10)20-8-19-12/h1-4,7-8H,5-6,18H2. The molecule has 5 nitrogen and oxygen atoms in total. The minimum atomic E-state index is -4.46. The summed E-state index contributed by atoms with van der Waals surface area (Å²) in [6.45, 7) is 0.788. The second-order valence-corrected chi connectivity index (χ2v) is 4.66. The molecule has 3 aromatic rings. The van der Waals surface area contributed by atoms with E-state index in [2.05, 4.69) is 15.1 Å². The molecule has 8 heteroatoms. The lowest BCUT2D eigenvalue weighted by Gasteiger charge is -2.12. The molecule has 0 amide bonds. The molecule has 0 aliphatic rings. The fraction of sp³-hybridized carbons (Fsp3) is 0.214. The Hall–Kier alpha value is -2.48. The number of halogens is 3. The molecule has 114 valence electrons. The summed E-state index contributed by atoms with van der Waals surface area (Å²) in [6, 6.07) is 5.32. The van der Waals surface area contributed by atoms with Crippen LogP contribution in [-0.2, 0) is 12.7 Å². The summed E-state index contributed by atoms with van der Waals surface area (Å²) in [5.41, 5.74) is 5.44. The van der Waals surface area contributed by atoms with E-state index in [0.717, 1.165) is 6.07 Å². The maximum Gasteiger partial charge on any atom is 0.417 e. The second-order valence-electron chi connectivity index (χ2n) is 4.66. The maximum absolute atomic E-state index is 13.2. The maximum atomic E-state index is 13.2. The molecule has 22 heavy (non-hydrogen) atoms. The molecule has 0 aliphatic carbocycles. The van der Waals surface area contributed by atoms with Crippen molar-refractivity contribution in [3.8, 4) is 11.3 Å². The lowest BCUT2D eigenvalue weighted by atomic mass is 10.0. The Morgan fingerprint density at radius 3 is 2.64 bits per heavy atom. The van der Waals surface area contributed by atoms with Gasteiger partial charge in [-0.2, -0.15) is 18.3 Å². The van der Waals surface area contributed by atoms with Crippen LogP contribution in [0.15, 0.2) is 36.8 Å². The van der Waals surface area contributed by atoms with Gasteiger partial charge in [0.25, 0.3) is 0 Å². The number of rotatable bonds is 3. The topological polar surface area (TPSA) is 69.6 Å². The minimum Gasteiger partial charge on any atom is -0.329 e. The molecule has 2 N–H and O–H groups in total. The van der Waals surface area contributed by atoms with E-state index in [1.165, 1.54) is 24.7 Å². The third-order valence-corrected chi connectivity index (χ3v) is 3.26. The lowest BCUT2D eigenvalue weighted by Crippen LogP contribution is -2.11. The van der Waals surface area contributed by atoms with Crippen LogP contribution in [0.1, 0.15) is 5.56 Å². The van der Waals surface area contributed by atoms with Gasteiger partial charge in [-0.05, 0) is 6.07 Å². The van der Waals surface area contributed by atoms with Crippen molar-refractivity contribution in [3.05, 3.63) is 42.4 Å². The number of hydrogen-bond acceptors (Lipinski definition) is 4. The highest BCUT2D eigenvalue weighted by Gasteiger charge is 2.34. The lowest BCUT2D eigenvalue weighted by molar-refractivity contribution is -0.137. The SMILES string of the molecule is NCCn1ncc2c(-c3ccccc3C(F)(F)F)ncnc21. The Kier molecular flexibility index (Phi) is 3.53. The van der Waals surface area contributed by atoms with E-state index < -0.39 is 11.7 Å². The summed E-state index contributed by atoms with van der Waals surface area (Å²) in [5.74, 6) is 0. The third-order valence-electron chi connectivity index (χ3n) is 3.26. The Balaban J connectivity index is 2.24. The molecule has 2 heterocycles. The van der Waals surface area contributed by atoms with Crippen molar-refractivity contribution in [2.75, 3.05) is 6.54 Å². The molecule has 0 radical (unpaired) electrons. The summed E-state index contributed by atoms with van der Waals surface area (Å²) in [4.78, 5) is 8.12. The fourth-order valence-electron chi connectivity index (χ4n) is 2.33. The molecular formula is C14H12F3N5. The molecule has 2 aromatic heterocycles. The summed E-state index contributed by atoms with van der Waals surface area (Å²) in [7, 11) is 0. The first-order valence-corrected chi connectivity index (χ1v) is 6.55. The zero-order valence-corrected chi connectivity index (χ0v) is 11.4. The highest BCUT2D eigenvalue weighted by atomic mass is 19.4. The largest absolute Gasteiger partial charge is 0.417 e. The molecule has 1 aromatic carbocycles. The predicted octanol–water partition coefficient (Wildman–Crippen LogP) is 2.47. The normalized spacial score (nSPS) is 12.0. The summed E-state index contributed by atoms with van der Waals surface area (Å²) in [5, 5.41) is 4.58. The third kappa shape index (κ3) is 2.41. The van der Waals surface area contributed by atoms with Gasteiger partial charge in [0.05, 0.1) is 29.4 Å². The first-order valence-electron chi connectivity index (χ1n) is 6.55. The van der Waals surface area contributed by atoms with Crippen molar-refractivity contribution in [2.45, 2.75) is 12.7 Å². The van der Waals surface area contributed by atoms with Gasteiger partial charge >= 0.3 is 6.18 Å². The van der Waals surface area contributed by atoms with Crippen LogP contribution < -0.4 is 5.73 Å². The molecule has 0 bridgehead atoms. The predicted molar refractivity (Wildman–Crippen MR) is 74.8 cm³/mol. The highest BCUT2D eigenvalue weighted by Crippen LogP contribution is 2.37. The monoisotopic (exact) mass is 307 g/mol. The van der Waals surface area contributed by atoms with Gasteiger partial charge in [0, 0.05) is 12.1 Å². The number of hydrogen-bond donors (Lipinski definition) is 1. The van der Waals surface area contributed by atoms with E-state index in [0.29, 0.717) is 24.1 Å². The summed E-state index contributed by atoms with van der Waals surface area (Å²) in [6.07, 6.45) is -1.76. The van der Waals surface area contributed by atoms with Gasteiger partial charge < -0.3 is 5.73 Å². The van der Waals surface area contributed by atoms with Gasteiger partial charge in [-0.25, -0.2) is 14.6 Å². The molecule has 0 unspecified atom stereocenters. The Morgan fingerprint density at radius 1 is 1.14 bits per heavy atom. The molecule has 0 atom stereocenters. The fourth-order valence-corrected chi connectivity index (χ4v) is 2.33. The average Bonchev–Trinajstić information content (AvgIpc) is 2.90. The van der Waals surface area contributed by atoms with E-state index in [9.17, 15) is 13.2 Å². The zero-order chi connectivity index (χ0) is 15.7. The smallest absolute Gasteiger partial charge is 0.329 e. The summed E-state index contributed by atoms with van der Waals surface area (Å²) >= 11 is 0. The van der Waals surface area contributed by atoms with Crippen molar-refractivity contribution in [2.24, 2.45) is 5.73 Å². The summed E-state index contributed by atoms with van der Waals surface area (Å²) < 4.78 is 41.1. The molecule has 3 rings (SSSR count). The van der Waals surface area contributed by atoms with E-state index in [-0.39, 0.29) is 11.3 Å². The van der Waals surface area contributed by atoms with Crippen LogP contribution in [0, 0.1) is 0 Å². The molecule has 0 aliphatic heterocycles. The first kappa shape index (κ1) is 14.5. The number of aromatic nitrogens is 4. The van der Waals surface area contributed by atoms with Crippen molar-refractivity contribution in [1.29, 1.82) is 0 Å². The zero-order valence-electron chi connectivity index (χ0n) is 11.4. The van der Waals surface area contributed by atoms with Gasteiger partial charge in [-0.15, -0.1) is 0 Å². The van der Waals surface area contributed by atoms with E-state index in [1.807, 2.05) is 0 Å². The van der Waals surface area contributed by atoms with E-state index in [4.69, 9.17) is 5.73 Å². The molecule has 0 saturated heterocycles. The van der Waals surface area contributed by atoms with Crippen LogP contribution in [0.5, 0.6) is 0 Å². The van der Waals surface area contributed by atoms with E-state index >= 15 is 0 Å². The van der Waals surface area contributed by atoms with Crippen molar-refractivity contribution < 1.29 is 13.2 Å². The minimum absolute atomic E-state index is 0.00898. The van der Waals surface area contributed by atoms with Gasteiger partial charge in [0.1, 0.15) is 6.33 Å². The van der Waals surface area contributed by atoms with E-state index in [1.54, 1.807) is 10.7 Å². The number of benzene rings is 1. The van der Waals surface area contributed by atoms with Crippen LogP contribution in [0.2, 0.25) is 0 Å². The number of alkyl halides is 3. The van der Waals surface area contributed by atoms with Crippen molar-refractivity contribution in [3.63, 3.8) is 0 Å². The van der Waals surface area contributed by atoms with Crippen molar-refractivity contribution >= 4 is 11.0 Å².